The second-order valence-corrected chi connectivity index (χ2v) is 6.81. The number of hydrogen-bond acceptors (Lipinski definition) is 7. The van der Waals surface area contributed by atoms with Crippen LogP contribution in [0.1, 0.15) is 18.9 Å². The third-order valence-corrected chi connectivity index (χ3v) is 5.22. The third-order valence-electron chi connectivity index (χ3n) is 5.22. The molecule has 9 heteroatoms. The molecule has 3 aliphatic rings. The minimum absolute atomic E-state index is 0.0536. The first kappa shape index (κ1) is 17.1. The molecule has 2 bridgehead atoms. The highest BCUT2D eigenvalue weighted by atomic mass is 16.6. The SMILES string of the molecule is CC(=O)Oc1ccc([N+](=O)[O-])cc1C=NN1C(=O)[C@@H]2[C@H](C1=O)[C@H]1C=C[C@H]2C1. The number of benzene rings is 1. The molecular formula is C18H15N3O6. The summed E-state index contributed by atoms with van der Waals surface area (Å²) in [5.74, 6) is -1.93. The minimum Gasteiger partial charge on any atom is -0.426 e. The van der Waals surface area contributed by atoms with Crippen molar-refractivity contribution in [3.8, 4) is 5.75 Å². The lowest BCUT2D eigenvalue weighted by Crippen LogP contribution is -2.28. The molecule has 0 spiro atoms. The fourth-order valence-corrected chi connectivity index (χ4v) is 4.12. The van der Waals surface area contributed by atoms with Crippen LogP contribution in [0, 0.1) is 33.8 Å². The number of carbonyl (C=O) groups excluding carboxylic acids is 3. The standard InChI is InChI=1S/C18H15N3O6/c1-9(22)27-14-5-4-13(21(25)26)7-12(14)8-19-20-17(23)15-10-2-3-11(6-10)16(15)18(20)24/h2-5,7-8,10-11,15-16H,6H2,1H3/t10-,11-,15-,16+/m0/s1. The number of amides is 2. The maximum Gasteiger partial charge on any atom is 0.308 e. The predicted octanol–water partition coefficient (Wildman–Crippen LogP) is 1.66. The van der Waals surface area contributed by atoms with Crippen LogP contribution in [0.3, 0.4) is 0 Å². The third kappa shape index (κ3) is 2.71. The Kier molecular flexibility index (Phi) is 3.87. The lowest BCUT2D eigenvalue weighted by atomic mass is 9.85. The minimum atomic E-state index is -0.607. The van der Waals surface area contributed by atoms with Gasteiger partial charge in [0.15, 0.2) is 0 Å². The van der Waals surface area contributed by atoms with Gasteiger partial charge < -0.3 is 4.74 Å². The molecule has 1 aromatic carbocycles. The quantitative estimate of drug-likeness (QED) is 0.151. The Bertz CT molecular complexity index is 907. The van der Waals surface area contributed by atoms with Gasteiger partial charge in [0.25, 0.3) is 17.5 Å². The number of hydrogen-bond donors (Lipinski definition) is 0. The van der Waals surface area contributed by atoms with E-state index in [9.17, 15) is 24.5 Å². The van der Waals surface area contributed by atoms with Crippen molar-refractivity contribution in [3.05, 3.63) is 46.0 Å². The first-order valence-corrected chi connectivity index (χ1v) is 8.44. The van der Waals surface area contributed by atoms with Gasteiger partial charge in [-0.3, -0.25) is 24.5 Å². The van der Waals surface area contributed by atoms with Gasteiger partial charge in [0, 0.05) is 24.6 Å². The van der Waals surface area contributed by atoms with Crippen LogP contribution in [0.2, 0.25) is 0 Å². The lowest BCUT2D eigenvalue weighted by Gasteiger charge is -2.13. The molecule has 0 unspecified atom stereocenters. The predicted molar refractivity (Wildman–Crippen MR) is 91.6 cm³/mol. The molecule has 27 heavy (non-hydrogen) atoms. The molecule has 138 valence electrons. The van der Waals surface area contributed by atoms with Crippen molar-refractivity contribution in [1.82, 2.24) is 5.01 Å². The molecule has 0 radical (unpaired) electrons. The Balaban J connectivity index is 1.64. The van der Waals surface area contributed by atoms with Gasteiger partial charge in [-0.05, 0) is 24.3 Å². The van der Waals surface area contributed by atoms with Crippen molar-refractivity contribution in [3.63, 3.8) is 0 Å². The molecule has 0 aromatic heterocycles. The average Bonchev–Trinajstić information content (AvgIpc) is 3.28. The van der Waals surface area contributed by atoms with Crippen LogP contribution in [0.4, 0.5) is 5.69 Å². The Morgan fingerprint density at radius 3 is 2.44 bits per heavy atom. The molecule has 2 fully saturated rings. The largest absolute Gasteiger partial charge is 0.426 e. The number of nitro groups is 1. The van der Waals surface area contributed by atoms with Crippen molar-refractivity contribution >= 4 is 29.7 Å². The number of esters is 1. The van der Waals surface area contributed by atoms with E-state index in [1.54, 1.807) is 0 Å². The van der Waals surface area contributed by atoms with Crippen molar-refractivity contribution in [2.24, 2.45) is 28.8 Å². The number of nitrogens with zero attached hydrogens (tertiary/aromatic N) is 3. The van der Waals surface area contributed by atoms with Crippen LogP contribution < -0.4 is 4.74 Å². The summed E-state index contributed by atoms with van der Waals surface area (Å²) in [6.07, 6.45) is 5.90. The molecule has 1 heterocycles. The number of hydrazone groups is 1. The fraction of sp³-hybridized carbons (Fsp3) is 0.333. The van der Waals surface area contributed by atoms with Gasteiger partial charge in [0.1, 0.15) is 5.75 Å². The molecule has 2 aliphatic carbocycles. The number of ether oxygens (including phenoxy) is 1. The summed E-state index contributed by atoms with van der Waals surface area (Å²) in [7, 11) is 0. The van der Waals surface area contributed by atoms with E-state index in [1.807, 2.05) is 12.2 Å². The summed E-state index contributed by atoms with van der Waals surface area (Å²) in [6, 6.07) is 3.63. The van der Waals surface area contributed by atoms with Gasteiger partial charge >= 0.3 is 5.97 Å². The van der Waals surface area contributed by atoms with Gasteiger partial charge in [0.05, 0.1) is 23.0 Å². The molecule has 1 saturated carbocycles. The van der Waals surface area contributed by atoms with Crippen LogP contribution in [-0.4, -0.2) is 33.9 Å². The Morgan fingerprint density at radius 2 is 1.89 bits per heavy atom. The fourth-order valence-electron chi connectivity index (χ4n) is 4.12. The average molecular weight is 369 g/mol. The maximum atomic E-state index is 12.6. The zero-order valence-electron chi connectivity index (χ0n) is 14.3. The van der Waals surface area contributed by atoms with Gasteiger partial charge in [0.2, 0.25) is 0 Å². The highest BCUT2D eigenvalue weighted by molar-refractivity contribution is 6.07. The molecule has 9 nitrogen and oxygen atoms in total. The topological polar surface area (TPSA) is 119 Å². The summed E-state index contributed by atoms with van der Waals surface area (Å²) in [5.41, 5.74) is -0.108. The molecule has 1 aliphatic heterocycles. The van der Waals surface area contributed by atoms with Gasteiger partial charge in [-0.1, -0.05) is 12.2 Å². The summed E-state index contributed by atoms with van der Waals surface area (Å²) in [5, 5.41) is 15.8. The van der Waals surface area contributed by atoms with Gasteiger partial charge in [-0.15, -0.1) is 0 Å². The van der Waals surface area contributed by atoms with E-state index in [-0.39, 0.29) is 52.5 Å². The number of allylic oxidation sites excluding steroid dienone is 2. The summed E-state index contributed by atoms with van der Waals surface area (Å²) >= 11 is 0. The van der Waals surface area contributed by atoms with E-state index >= 15 is 0 Å². The smallest absolute Gasteiger partial charge is 0.308 e. The van der Waals surface area contributed by atoms with Crippen LogP contribution in [0.5, 0.6) is 5.75 Å². The maximum absolute atomic E-state index is 12.6. The number of carbonyl (C=O) groups is 3. The van der Waals surface area contributed by atoms with Gasteiger partial charge in [-0.25, -0.2) is 0 Å². The van der Waals surface area contributed by atoms with Crippen LogP contribution in [0.25, 0.3) is 0 Å². The molecule has 1 aromatic rings. The number of nitro benzene ring substituents is 1. The Hall–Kier alpha value is -3.36. The molecule has 4 atom stereocenters. The summed E-state index contributed by atoms with van der Waals surface area (Å²) in [6.45, 7) is 1.19. The highest BCUT2D eigenvalue weighted by Gasteiger charge is 2.59. The normalized spacial score (nSPS) is 28.3. The summed E-state index contributed by atoms with van der Waals surface area (Å²) < 4.78 is 5.02. The van der Waals surface area contributed by atoms with Crippen molar-refractivity contribution < 1.29 is 24.0 Å². The number of fused-ring (bicyclic) bond motifs is 5. The molecule has 1 saturated heterocycles. The van der Waals surface area contributed by atoms with E-state index < -0.39 is 10.9 Å². The lowest BCUT2D eigenvalue weighted by molar-refractivity contribution is -0.384. The Labute approximate surface area is 153 Å². The number of imide groups is 1. The van der Waals surface area contributed by atoms with Crippen LogP contribution in [0.15, 0.2) is 35.5 Å². The van der Waals surface area contributed by atoms with E-state index in [0.717, 1.165) is 17.6 Å². The van der Waals surface area contributed by atoms with Gasteiger partial charge in [-0.2, -0.15) is 10.1 Å². The second kappa shape index (κ2) is 6.11. The second-order valence-electron chi connectivity index (χ2n) is 6.81. The van der Waals surface area contributed by atoms with Crippen LogP contribution in [-0.2, 0) is 14.4 Å². The first-order chi connectivity index (χ1) is 12.9. The summed E-state index contributed by atoms with van der Waals surface area (Å²) in [4.78, 5) is 46.8. The van der Waals surface area contributed by atoms with Crippen molar-refractivity contribution in [1.29, 1.82) is 0 Å². The molecule has 0 N–H and O–H groups in total. The Morgan fingerprint density at radius 1 is 1.26 bits per heavy atom. The molecule has 4 rings (SSSR count). The van der Waals surface area contributed by atoms with Crippen LogP contribution >= 0.6 is 0 Å². The van der Waals surface area contributed by atoms with Crippen molar-refractivity contribution in [2.45, 2.75) is 13.3 Å². The number of rotatable bonds is 4. The zero-order valence-corrected chi connectivity index (χ0v) is 14.3. The molecular weight excluding hydrogens is 354 g/mol. The van der Waals surface area contributed by atoms with E-state index in [4.69, 9.17) is 4.74 Å². The van der Waals surface area contributed by atoms with E-state index in [2.05, 4.69) is 5.10 Å². The van der Waals surface area contributed by atoms with E-state index in [1.165, 1.54) is 25.1 Å². The molecule has 2 amide bonds. The van der Waals surface area contributed by atoms with E-state index in [0.29, 0.717) is 0 Å². The zero-order chi connectivity index (χ0) is 19.3. The first-order valence-electron chi connectivity index (χ1n) is 8.44. The monoisotopic (exact) mass is 369 g/mol. The van der Waals surface area contributed by atoms with Crippen molar-refractivity contribution in [2.75, 3.05) is 0 Å². The highest BCUT2D eigenvalue weighted by Crippen LogP contribution is 2.52. The number of non-ortho nitro benzene ring substituents is 1.